The van der Waals surface area contributed by atoms with Crippen molar-refractivity contribution in [2.45, 2.75) is 70.6 Å². The summed E-state index contributed by atoms with van der Waals surface area (Å²) in [7, 11) is 8.62. The molecule has 0 amide bonds. The highest BCUT2D eigenvalue weighted by atomic mass is 31.1. The van der Waals surface area contributed by atoms with E-state index in [2.05, 4.69) is 37.8 Å². The van der Waals surface area contributed by atoms with Crippen LogP contribution in [0, 0.1) is 23.2 Å². The van der Waals surface area contributed by atoms with E-state index in [4.69, 9.17) is 12.8 Å². The Balaban J connectivity index is 1.55. The Kier molecular flexibility index (Phi) is 7.24. The van der Waals surface area contributed by atoms with Gasteiger partial charge >= 0.3 is 0 Å². The third-order valence-electron chi connectivity index (χ3n) is 8.64. The summed E-state index contributed by atoms with van der Waals surface area (Å²) in [4.78, 5) is 4.82. The Bertz CT molecular complexity index is 787. The highest BCUT2D eigenvalue weighted by Crippen LogP contribution is 2.62. The predicted molar refractivity (Wildman–Crippen MR) is 135 cm³/mol. The van der Waals surface area contributed by atoms with Crippen molar-refractivity contribution in [3.8, 4) is 0 Å². The number of allylic oxidation sites excluding steroid dienone is 1. The molecule has 0 aromatic heterocycles. The Morgan fingerprint density at radius 1 is 1.33 bits per heavy atom. The van der Waals surface area contributed by atoms with Crippen molar-refractivity contribution in [1.29, 1.82) is 0 Å². The standard InChI is InChI=1S/C27H39BNP/c1-4-5-8-21-17-25(29-3)27(2)14-13-23-22-11-9-19(7-6-15-30-18-28)16-20(22)10-12-24(23)26(21)27/h4,9,11,16,21,23-24,26,30H,1,5-8,10,12-15,17-18H2,2-3H3. The van der Waals surface area contributed by atoms with Crippen LogP contribution in [0.3, 0.4) is 0 Å². The van der Waals surface area contributed by atoms with Gasteiger partial charge in [0.25, 0.3) is 0 Å². The second kappa shape index (κ2) is 9.73. The fourth-order valence-corrected chi connectivity index (χ4v) is 7.97. The molecular weight excluding hydrogens is 380 g/mol. The normalized spacial score (nSPS) is 34.1. The van der Waals surface area contributed by atoms with E-state index >= 15 is 0 Å². The van der Waals surface area contributed by atoms with Gasteiger partial charge < -0.3 is 0 Å². The third-order valence-corrected chi connectivity index (χ3v) is 9.64. The topological polar surface area (TPSA) is 12.4 Å². The summed E-state index contributed by atoms with van der Waals surface area (Å²) in [5, 5.41) is 0. The summed E-state index contributed by atoms with van der Waals surface area (Å²) in [6, 6.07) is 8.35. The number of aryl methyl sites for hydroxylation is 2. The number of fused-ring (bicyclic) bond motifs is 5. The second-order valence-electron chi connectivity index (χ2n) is 10.1. The van der Waals surface area contributed by atoms with Crippen LogP contribution in [0.2, 0.25) is 0 Å². The van der Waals surface area contributed by atoms with Crippen LogP contribution in [-0.2, 0) is 12.8 Å². The number of benzene rings is 1. The Labute approximate surface area is 187 Å². The highest BCUT2D eigenvalue weighted by Gasteiger charge is 2.56. The molecule has 2 saturated carbocycles. The van der Waals surface area contributed by atoms with Gasteiger partial charge in [0.15, 0.2) is 0 Å². The molecule has 3 aliphatic rings. The number of hydrogen-bond donors (Lipinski definition) is 0. The van der Waals surface area contributed by atoms with Crippen LogP contribution in [0.5, 0.6) is 0 Å². The zero-order valence-corrected chi connectivity index (χ0v) is 20.1. The van der Waals surface area contributed by atoms with Crippen molar-refractivity contribution in [3.05, 3.63) is 47.5 Å². The molecule has 30 heavy (non-hydrogen) atoms. The molecule has 1 nitrogen and oxygen atoms in total. The zero-order chi connectivity index (χ0) is 21.1. The minimum absolute atomic E-state index is 0.336. The second-order valence-corrected chi connectivity index (χ2v) is 11.5. The van der Waals surface area contributed by atoms with Crippen LogP contribution in [0.15, 0.2) is 35.8 Å². The van der Waals surface area contributed by atoms with Gasteiger partial charge in [0, 0.05) is 18.2 Å². The summed E-state index contributed by atoms with van der Waals surface area (Å²) in [6.45, 7) is 6.54. The van der Waals surface area contributed by atoms with Crippen LogP contribution in [0.4, 0.5) is 0 Å². The first-order chi connectivity index (χ1) is 14.6. The van der Waals surface area contributed by atoms with Crippen LogP contribution < -0.4 is 0 Å². The fraction of sp³-hybridized carbons (Fsp3) is 0.667. The van der Waals surface area contributed by atoms with Gasteiger partial charge in [-0.05, 0) is 104 Å². The first-order valence-corrected chi connectivity index (χ1v) is 13.6. The molecule has 3 aliphatic carbocycles. The number of rotatable bonds is 8. The van der Waals surface area contributed by atoms with E-state index in [0.717, 1.165) is 44.7 Å². The maximum atomic E-state index is 5.66. The zero-order valence-electron chi connectivity index (χ0n) is 19.1. The Morgan fingerprint density at radius 3 is 2.97 bits per heavy atom. The molecule has 2 radical (unpaired) electrons. The molecule has 0 saturated heterocycles. The van der Waals surface area contributed by atoms with Crippen molar-refractivity contribution in [2.75, 3.05) is 19.3 Å². The highest BCUT2D eigenvalue weighted by molar-refractivity contribution is 7.39. The number of hydrogen-bond acceptors (Lipinski definition) is 1. The summed E-state index contributed by atoms with van der Waals surface area (Å²) in [6.07, 6.45) is 14.9. The number of aliphatic imine (C=N–C) groups is 1. The van der Waals surface area contributed by atoms with Crippen LogP contribution >= 0.6 is 8.58 Å². The lowest BCUT2D eigenvalue weighted by Gasteiger charge is -2.50. The molecular formula is C27H39BNP. The van der Waals surface area contributed by atoms with Crippen molar-refractivity contribution >= 4 is 22.1 Å². The molecule has 0 N–H and O–H groups in total. The molecule has 1 aromatic rings. The molecule has 6 unspecified atom stereocenters. The van der Waals surface area contributed by atoms with Gasteiger partial charge in [0.2, 0.25) is 0 Å². The summed E-state index contributed by atoms with van der Waals surface area (Å²) < 4.78 is 0. The largest absolute Gasteiger partial charge is 0.297 e. The first kappa shape index (κ1) is 22.3. The SMILES string of the molecule is [B]CPCCCc1ccc2c(c1)CCC1C2CCC2(C)C(=NC)CC(CCC=C)C12. The predicted octanol–water partition coefficient (Wildman–Crippen LogP) is 6.54. The van der Waals surface area contributed by atoms with Crippen molar-refractivity contribution in [3.63, 3.8) is 0 Å². The lowest BCUT2D eigenvalue weighted by atomic mass is 9.54. The summed E-state index contributed by atoms with van der Waals surface area (Å²) in [5.41, 5.74) is 6.73. The monoisotopic (exact) mass is 419 g/mol. The smallest absolute Gasteiger partial charge is 0.0712 e. The van der Waals surface area contributed by atoms with Crippen molar-refractivity contribution in [1.82, 2.24) is 0 Å². The lowest BCUT2D eigenvalue weighted by molar-refractivity contribution is 0.0576. The first-order valence-electron chi connectivity index (χ1n) is 12.2. The van der Waals surface area contributed by atoms with Gasteiger partial charge in [-0.2, -0.15) is 0 Å². The summed E-state index contributed by atoms with van der Waals surface area (Å²) >= 11 is 0. The van der Waals surface area contributed by atoms with Gasteiger partial charge in [-0.1, -0.05) is 37.3 Å². The molecule has 1 aromatic carbocycles. The molecule has 160 valence electrons. The molecule has 4 rings (SSSR count). The number of nitrogens with zero attached hydrogens (tertiary/aromatic N) is 1. The molecule has 0 aliphatic heterocycles. The molecule has 0 spiro atoms. The van der Waals surface area contributed by atoms with E-state index in [1.54, 1.807) is 16.7 Å². The van der Waals surface area contributed by atoms with E-state index in [1.807, 2.05) is 7.05 Å². The van der Waals surface area contributed by atoms with Crippen LogP contribution in [0.1, 0.15) is 74.5 Å². The Hall–Kier alpha value is -0.875. The Morgan fingerprint density at radius 2 is 2.20 bits per heavy atom. The lowest BCUT2D eigenvalue weighted by Crippen LogP contribution is -2.44. The maximum Gasteiger partial charge on any atom is 0.0712 e. The van der Waals surface area contributed by atoms with Gasteiger partial charge in [0.05, 0.1) is 7.85 Å². The molecule has 6 atom stereocenters. The third kappa shape index (κ3) is 4.11. The fourth-order valence-electron chi connectivity index (χ4n) is 7.34. The van der Waals surface area contributed by atoms with Crippen LogP contribution in [0.25, 0.3) is 0 Å². The van der Waals surface area contributed by atoms with Crippen LogP contribution in [-0.4, -0.2) is 32.8 Å². The summed E-state index contributed by atoms with van der Waals surface area (Å²) in [5.74, 6) is 3.20. The van der Waals surface area contributed by atoms with Crippen molar-refractivity contribution < 1.29 is 0 Å². The molecule has 2 fully saturated rings. The molecule has 0 bridgehead atoms. The van der Waals surface area contributed by atoms with E-state index in [-0.39, 0.29) is 0 Å². The van der Waals surface area contributed by atoms with E-state index < -0.39 is 0 Å². The molecule has 0 heterocycles. The average Bonchev–Trinajstić information content (AvgIpc) is 3.06. The van der Waals surface area contributed by atoms with Crippen molar-refractivity contribution in [2.24, 2.45) is 28.2 Å². The van der Waals surface area contributed by atoms with Gasteiger partial charge in [-0.25, -0.2) is 0 Å². The van der Waals surface area contributed by atoms with Gasteiger partial charge in [0.1, 0.15) is 0 Å². The van der Waals surface area contributed by atoms with E-state index in [1.165, 1.54) is 63.2 Å². The minimum Gasteiger partial charge on any atom is -0.297 e. The van der Waals surface area contributed by atoms with Gasteiger partial charge in [-0.3, -0.25) is 4.99 Å². The average molecular weight is 419 g/mol. The van der Waals surface area contributed by atoms with E-state index in [0.29, 0.717) is 5.41 Å². The van der Waals surface area contributed by atoms with E-state index in [9.17, 15) is 0 Å². The minimum atomic E-state index is 0.336. The maximum absolute atomic E-state index is 5.66. The molecule has 3 heteroatoms. The quantitative estimate of drug-likeness (QED) is 0.196. The van der Waals surface area contributed by atoms with Gasteiger partial charge in [-0.15, -0.1) is 15.2 Å².